The molecule has 1 atom stereocenters. The number of carboxylic acids is 1. The van der Waals surface area contributed by atoms with Crippen LogP contribution in [0, 0.1) is 5.92 Å². The van der Waals surface area contributed by atoms with E-state index in [4.69, 9.17) is 5.11 Å². The number of hydrogen-bond donors (Lipinski definition) is 1. The summed E-state index contributed by atoms with van der Waals surface area (Å²) >= 11 is 0. The van der Waals surface area contributed by atoms with Gasteiger partial charge in [-0.25, -0.2) is 0 Å². The van der Waals surface area contributed by atoms with E-state index in [1.807, 2.05) is 0 Å². The Morgan fingerprint density at radius 3 is 2.64 bits per heavy atom. The van der Waals surface area contributed by atoms with Crippen LogP contribution in [0.15, 0.2) is 0 Å². The Bertz CT molecular complexity index is 185. The van der Waals surface area contributed by atoms with Gasteiger partial charge in [0, 0.05) is 6.54 Å². The van der Waals surface area contributed by atoms with Crippen molar-refractivity contribution in [3.8, 4) is 0 Å². The summed E-state index contributed by atoms with van der Waals surface area (Å²) in [7, 11) is 0. The van der Waals surface area contributed by atoms with Crippen LogP contribution in [0.25, 0.3) is 0 Å². The predicted molar refractivity (Wildman–Crippen MR) is 58.9 cm³/mol. The monoisotopic (exact) mass is 221 g/mol. The Kier molecular flexibility index (Phi) is 6.12. The molecule has 1 saturated heterocycles. The van der Waals surface area contributed by atoms with Gasteiger partial charge in [0.2, 0.25) is 0 Å². The van der Waals surface area contributed by atoms with Gasteiger partial charge < -0.3 is 5.11 Å². The maximum atomic E-state index is 10.9. The molecule has 0 saturated carbocycles. The summed E-state index contributed by atoms with van der Waals surface area (Å²) in [6, 6.07) is -0.226. The van der Waals surface area contributed by atoms with E-state index in [0.717, 1.165) is 32.4 Å². The van der Waals surface area contributed by atoms with Gasteiger partial charge in [-0.2, -0.15) is 0 Å². The highest BCUT2D eigenvalue weighted by Gasteiger charge is 2.28. The van der Waals surface area contributed by atoms with E-state index in [-0.39, 0.29) is 18.4 Å². The zero-order chi connectivity index (χ0) is 9.84. The highest BCUT2D eigenvalue weighted by molar-refractivity contribution is 5.85. The standard InChI is InChI=1S/C10H19NO2.ClH/c1-8(2)7-11-6-4-3-5-9(11)10(12)13;/h8-9H,3-7H2,1-2H3,(H,12,13);1H. The van der Waals surface area contributed by atoms with Crippen LogP contribution in [-0.2, 0) is 4.79 Å². The predicted octanol–water partition coefficient (Wildman–Crippen LogP) is 2.00. The topological polar surface area (TPSA) is 40.5 Å². The fourth-order valence-corrected chi connectivity index (χ4v) is 1.96. The van der Waals surface area contributed by atoms with Crippen molar-refractivity contribution in [1.82, 2.24) is 4.90 Å². The van der Waals surface area contributed by atoms with Crippen molar-refractivity contribution in [3.05, 3.63) is 0 Å². The summed E-state index contributed by atoms with van der Waals surface area (Å²) < 4.78 is 0. The van der Waals surface area contributed by atoms with Crippen LogP contribution in [0.5, 0.6) is 0 Å². The van der Waals surface area contributed by atoms with Crippen LogP contribution in [0.2, 0.25) is 0 Å². The molecule has 1 heterocycles. The van der Waals surface area contributed by atoms with Gasteiger partial charge in [-0.15, -0.1) is 12.4 Å². The second kappa shape index (κ2) is 6.25. The van der Waals surface area contributed by atoms with Crippen LogP contribution in [0.1, 0.15) is 33.1 Å². The molecule has 1 aliphatic rings. The third-order valence-corrected chi connectivity index (χ3v) is 2.50. The summed E-state index contributed by atoms with van der Waals surface area (Å²) in [5, 5.41) is 8.98. The van der Waals surface area contributed by atoms with Gasteiger partial charge in [0.05, 0.1) is 0 Å². The Morgan fingerprint density at radius 1 is 1.50 bits per heavy atom. The summed E-state index contributed by atoms with van der Waals surface area (Å²) in [5.41, 5.74) is 0. The average molecular weight is 222 g/mol. The Hall–Kier alpha value is -0.280. The minimum absolute atomic E-state index is 0. The number of carboxylic acid groups (broad SMARTS) is 1. The molecular weight excluding hydrogens is 202 g/mol. The van der Waals surface area contributed by atoms with Crippen molar-refractivity contribution in [2.24, 2.45) is 5.92 Å². The lowest BCUT2D eigenvalue weighted by Gasteiger charge is -2.33. The first-order valence-corrected chi connectivity index (χ1v) is 5.08. The van der Waals surface area contributed by atoms with Crippen LogP contribution in [0.3, 0.4) is 0 Å². The maximum absolute atomic E-state index is 10.9. The number of likely N-dealkylation sites (tertiary alicyclic amines) is 1. The summed E-state index contributed by atoms with van der Waals surface area (Å²) in [6.45, 7) is 6.13. The van der Waals surface area contributed by atoms with Crippen LogP contribution >= 0.6 is 12.4 Å². The molecule has 1 N–H and O–H groups in total. The summed E-state index contributed by atoms with van der Waals surface area (Å²) in [6.07, 6.45) is 3.03. The molecule has 0 aromatic rings. The molecule has 0 aromatic heterocycles. The van der Waals surface area contributed by atoms with Gasteiger partial charge in [0.15, 0.2) is 0 Å². The summed E-state index contributed by atoms with van der Waals surface area (Å²) in [5.74, 6) is -0.0969. The number of hydrogen-bond acceptors (Lipinski definition) is 2. The van der Waals surface area contributed by atoms with Crippen LogP contribution in [0.4, 0.5) is 0 Å². The summed E-state index contributed by atoms with van der Waals surface area (Å²) in [4.78, 5) is 13.0. The Morgan fingerprint density at radius 2 is 2.14 bits per heavy atom. The number of aliphatic carboxylic acids is 1. The molecule has 1 fully saturated rings. The minimum Gasteiger partial charge on any atom is -0.480 e. The Labute approximate surface area is 91.9 Å². The molecule has 14 heavy (non-hydrogen) atoms. The number of rotatable bonds is 3. The lowest BCUT2D eigenvalue weighted by molar-refractivity contribution is -0.144. The first-order valence-electron chi connectivity index (χ1n) is 5.08. The molecule has 0 spiro atoms. The second-order valence-corrected chi connectivity index (χ2v) is 4.24. The molecule has 0 radical (unpaired) electrons. The van der Waals surface area contributed by atoms with Gasteiger partial charge in [-0.1, -0.05) is 20.3 Å². The van der Waals surface area contributed by atoms with Gasteiger partial charge >= 0.3 is 5.97 Å². The molecule has 0 bridgehead atoms. The molecule has 3 nitrogen and oxygen atoms in total. The van der Waals surface area contributed by atoms with Gasteiger partial charge in [0.25, 0.3) is 0 Å². The van der Waals surface area contributed by atoms with Gasteiger partial charge in [-0.3, -0.25) is 9.69 Å². The molecule has 0 amide bonds. The lowest BCUT2D eigenvalue weighted by atomic mass is 10.0. The quantitative estimate of drug-likeness (QED) is 0.793. The van der Waals surface area contributed by atoms with Crippen molar-refractivity contribution in [1.29, 1.82) is 0 Å². The van der Waals surface area contributed by atoms with Crippen LogP contribution in [-0.4, -0.2) is 35.1 Å². The number of piperidine rings is 1. The molecule has 0 aromatic carbocycles. The largest absolute Gasteiger partial charge is 0.480 e. The second-order valence-electron chi connectivity index (χ2n) is 4.24. The average Bonchev–Trinajstić information content (AvgIpc) is 2.03. The molecule has 1 unspecified atom stereocenters. The third kappa shape index (κ3) is 3.84. The normalized spacial score (nSPS) is 23.2. The fraction of sp³-hybridized carbons (Fsp3) is 0.900. The van der Waals surface area contributed by atoms with E-state index in [2.05, 4.69) is 18.7 Å². The molecular formula is C10H20ClNO2. The molecule has 0 aliphatic carbocycles. The molecule has 1 rings (SSSR count). The van der Waals surface area contributed by atoms with Gasteiger partial charge in [-0.05, 0) is 25.3 Å². The van der Waals surface area contributed by atoms with Gasteiger partial charge in [0.1, 0.15) is 6.04 Å². The van der Waals surface area contributed by atoms with E-state index >= 15 is 0 Å². The van der Waals surface area contributed by atoms with Crippen LogP contribution < -0.4 is 0 Å². The van der Waals surface area contributed by atoms with E-state index in [1.165, 1.54) is 0 Å². The highest BCUT2D eigenvalue weighted by atomic mass is 35.5. The van der Waals surface area contributed by atoms with Crippen molar-refractivity contribution in [3.63, 3.8) is 0 Å². The first-order chi connectivity index (χ1) is 6.11. The Balaban J connectivity index is 0.00000169. The van der Waals surface area contributed by atoms with Crippen molar-refractivity contribution >= 4 is 18.4 Å². The van der Waals surface area contributed by atoms with E-state index in [0.29, 0.717) is 5.92 Å². The van der Waals surface area contributed by atoms with E-state index < -0.39 is 5.97 Å². The highest BCUT2D eigenvalue weighted by Crippen LogP contribution is 2.18. The number of halogens is 1. The zero-order valence-corrected chi connectivity index (χ0v) is 9.72. The molecule has 84 valence electrons. The minimum atomic E-state index is -0.652. The number of carbonyl (C=O) groups is 1. The molecule has 1 aliphatic heterocycles. The van der Waals surface area contributed by atoms with E-state index in [9.17, 15) is 4.79 Å². The fourth-order valence-electron chi connectivity index (χ4n) is 1.96. The smallest absolute Gasteiger partial charge is 0.320 e. The van der Waals surface area contributed by atoms with Crippen molar-refractivity contribution in [2.45, 2.75) is 39.2 Å². The first kappa shape index (κ1) is 13.7. The lowest BCUT2D eigenvalue weighted by Crippen LogP contribution is -2.46. The third-order valence-electron chi connectivity index (χ3n) is 2.50. The zero-order valence-electron chi connectivity index (χ0n) is 8.90. The molecule has 4 heteroatoms. The van der Waals surface area contributed by atoms with E-state index in [1.54, 1.807) is 0 Å². The number of nitrogens with zero attached hydrogens (tertiary/aromatic N) is 1. The van der Waals surface area contributed by atoms with Crippen molar-refractivity contribution < 1.29 is 9.90 Å². The SMILES string of the molecule is CC(C)CN1CCCCC1C(=O)O.Cl. The van der Waals surface area contributed by atoms with Crippen molar-refractivity contribution in [2.75, 3.05) is 13.1 Å². The maximum Gasteiger partial charge on any atom is 0.320 e.